The average molecular weight is 632 g/mol. The molecule has 0 spiro atoms. The van der Waals surface area contributed by atoms with Crippen LogP contribution in [-0.2, 0) is 0 Å². The van der Waals surface area contributed by atoms with Crippen molar-refractivity contribution in [1.29, 1.82) is 0 Å². The largest absolute Gasteiger partial charge is 0.247 e. The van der Waals surface area contributed by atoms with Crippen molar-refractivity contribution in [2.45, 2.75) is 0 Å². The Kier molecular flexibility index (Phi) is 5.73. The molecule has 0 atom stereocenters. The highest BCUT2D eigenvalue weighted by Gasteiger charge is 2.19. The minimum absolute atomic E-state index is 1.00. The Morgan fingerprint density at radius 2 is 0.860 bits per heavy atom. The molecule has 0 aliphatic heterocycles. The van der Waals surface area contributed by atoms with Gasteiger partial charge < -0.3 is 0 Å². The Morgan fingerprint density at radius 3 is 1.64 bits per heavy atom. The molecule has 0 bridgehead atoms. The minimum Gasteiger partial charge on any atom is -0.247 e. The van der Waals surface area contributed by atoms with E-state index in [4.69, 9.17) is 4.98 Å². The maximum atomic E-state index is 5.58. The average Bonchev–Trinajstić information content (AvgIpc) is 3.19. The molecular weight excluding hydrogens is 603 g/mol. The fourth-order valence-electron chi connectivity index (χ4n) is 8.52. The second kappa shape index (κ2) is 10.5. The van der Waals surface area contributed by atoms with Crippen molar-refractivity contribution in [1.82, 2.24) is 4.98 Å². The van der Waals surface area contributed by atoms with Gasteiger partial charge in [0, 0.05) is 21.7 Å². The van der Waals surface area contributed by atoms with Crippen LogP contribution in [0.5, 0.6) is 0 Å². The normalized spacial score (nSPS) is 12.0. The van der Waals surface area contributed by atoms with Gasteiger partial charge in [-0.3, -0.25) is 0 Å². The van der Waals surface area contributed by atoms with E-state index in [1.165, 1.54) is 92.3 Å². The number of hydrogen-bond acceptors (Lipinski definition) is 1. The van der Waals surface area contributed by atoms with E-state index in [0.29, 0.717) is 0 Å². The van der Waals surface area contributed by atoms with E-state index in [2.05, 4.69) is 176 Å². The van der Waals surface area contributed by atoms with Crippen molar-refractivity contribution >= 4 is 75.5 Å². The van der Waals surface area contributed by atoms with Gasteiger partial charge in [0.1, 0.15) is 0 Å². The summed E-state index contributed by atoms with van der Waals surface area (Å²) in [5.74, 6) is 0. The smallest absolute Gasteiger partial charge is 0.0794 e. The molecule has 0 aliphatic rings. The van der Waals surface area contributed by atoms with E-state index in [1.54, 1.807) is 0 Å². The number of aromatic nitrogens is 1. The van der Waals surface area contributed by atoms with Gasteiger partial charge in [0.15, 0.2) is 0 Å². The number of fused-ring (bicyclic) bond motifs is 8. The summed E-state index contributed by atoms with van der Waals surface area (Å²) in [4.78, 5) is 5.58. The van der Waals surface area contributed by atoms with E-state index in [0.717, 1.165) is 16.8 Å². The predicted molar refractivity (Wildman–Crippen MR) is 214 cm³/mol. The van der Waals surface area contributed by atoms with Gasteiger partial charge in [-0.2, -0.15) is 0 Å². The Labute approximate surface area is 289 Å². The van der Waals surface area contributed by atoms with Crippen LogP contribution in [-0.4, -0.2) is 4.98 Å². The van der Waals surface area contributed by atoms with Gasteiger partial charge in [-0.1, -0.05) is 164 Å². The van der Waals surface area contributed by atoms with Gasteiger partial charge in [0.05, 0.1) is 11.2 Å². The summed E-state index contributed by atoms with van der Waals surface area (Å²) in [7, 11) is 0. The second-order valence-electron chi connectivity index (χ2n) is 13.4. The molecule has 0 amide bonds. The molecule has 0 N–H and O–H groups in total. The van der Waals surface area contributed by atoms with Crippen molar-refractivity contribution in [2.24, 2.45) is 0 Å². The van der Waals surface area contributed by atoms with Crippen molar-refractivity contribution in [3.63, 3.8) is 0 Å². The van der Waals surface area contributed by atoms with E-state index in [-0.39, 0.29) is 0 Å². The maximum absolute atomic E-state index is 5.58. The van der Waals surface area contributed by atoms with Crippen molar-refractivity contribution < 1.29 is 0 Å². The molecule has 0 radical (unpaired) electrons. The first-order valence-corrected chi connectivity index (χ1v) is 17.3. The molecule has 0 fully saturated rings. The number of benzene rings is 10. The Bertz CT molecular complexity index is 3120. The summed E-state index contributed by atoms with van der Waals surface area (Å²) in [5, 5.41) is 16.4. The third-order valence-corrected chi connectivity index (χ3v) is 10.8. The van der Waals surface area contributed by atoms with Crippen LogP contribution in [0.3, 0.4) is 0 Å². The first-order valence-electron chi connectivity index (χ1n) is 17.3. The van der Waals surface area contributed by atoms with E-state index in [1.807, 2.05) is 0 Å². The third kappa shape index (κ3) is 3.92. The molecule has 11 aromatic rings. The zero-order valence-corrected chi connectivity index (χ0v) is 27.2. The molecule has 0 saturated carbocycles. The zero-order chi connectivity index (χ0) is 32.8. The molecule has 0 unspecified atom stereocenters. The molecule has 50 heavy (non-hydrogen) atoms. The summed E-state index contributed by atoms with van der Waals surface area (Å²) >= 11 is 0. The lowest BCUT2D eigenvalue weighted by Crippen LogP contribution is -1.94. The molecule has 1 nitrogen and oxygen atoms in total. The highest BCUT2D eigenvalue weighted by Crippen LogP contribution is 2.45. The second-order valence-corrected chi connectivity index (χ2v) is 13.4. The Balaban J connectivity index is 1.23. The molecule has 11 rings (SSSR count). The summed E-state index contributed by atoms with van der Waals surface area (Å²) < 4.78 is 0. The van der Waals surface area contributed by atoms with Gasteiger partial charge in [0.2, 0.25) is 0 Å². The molecule has 1 heterocycles. The maximum Gasteiger partial charge on any atom is 0.0794 e. The van der Waals surface area contributed by atoms with E-state index in [9.17, 15) is 0 Å². The topological polar surface area (TPSA) is 12.9 Å². The zero-order valence-electron chi connectivity index (χ0n) is 27.2. The van der Waals surface area contributed by atoms with Crippen molar-refractivity contribution in [3.8, 4) is 33.5 Å². The van der Waals surface area contributed by atoms with Gasteiger partial charge in [-0.15, -0.1) is 0 Å². The van der Waals surface area contributed by atoms with Crippen LogP contribution in [0.15, 0.2) is 176 Å². The fraction of sp³-hybridized carbons (Fsp3) is 0. The number of pyridine rings is 1. The van der Waals surface area contributed by atoms with Crippen LogP contribution >= 0.6 is 0 Å². The number of hydrogen-bond donors (Lipinski definition) is 0. The number of rotatable bonds is 3. The van der Waals surface area contributed by atoms with Crippen molar-refractivity contribution in [3.05, 3.63) is 176 Å². The van der Waals surface area contributed by atoms with Crippen LogP contribution in [0.4, 0.5) is 0 Å². The summed E-state index contributed by atoms with van der Waals surface area (Å²) in [5.41, 5.74) is 7.93. The highest BCUT2D eigenvalue weighted by atomic mass is 14.7. The Hall–Kier alpha value is -6.57. The summed E-state index contributed by atoms with van der Waals surface area (Å²) in [6.07, 6.45) is 0. The highest BCUT2D eigenvalue weighted by molar-refractivity contribution is 6.34. The van der Waals surface area contributed by atoms with Gasteiger partial charge in [0.25, 0.3) is 0 Å². The predicted octanol–water partition coefficient (Wildman–Crippen LogP) is 13.6. The molecule has 1 aromatic heterocycles. The summed E-state index contributed by atoms with van der Waals surface area (Å²) in [6.45, 7) is 0. The van der Waals surface area contributed by atoms with Crippen molar-refractivity contribution in [2.75, 3.05) is 0 Å². The van der Waals surface area contributed by atoms with Gasteiger partial charge >= 0.3 is 0 Å². The molecular formula is C49H29N. The molecule has 10 aromatic carbocycles. The van der Waals surface area contributed by atoms with Gasteiger partial charge in [-0.05, 0) is 88.2 Å². The minimum atomic E-state index is 1.00. The quantitative estimate of drug-likeness (QED) is 0.177. The first-order chi connectivity index (χ1) is 24.8. The van der Waals surface area contributed by atoms with Gasteiger partial charge in [-0.25, -0.2) is 4.98 Å². The monoisotopic (exact) mass is 631 g/mol. The molecule has 1 heteroatoms. The lowest BCUT2D eigenvalue weighted by atomic mass is 9.88. The van der Waals surface area contributed by atoms with Crippen LogP contribution in [0.25, 0.3) is 109 Å². The van der Waals surface area contributed by atoms with E-state index >= 15 is 0 Å². The molecule has 0 aliphatic carbocycles. The number of nitrogens with zero attached hydrogens (tertiary/aromatic N) is 1. The summed E-state index contributed by atoms with van der Waals surface area (Å²) in [6, 6.07) is 64.4. The first kappa shape index (κ1) is 27.4. The Morgan fingerprint density at radius 1 is 0.280 bits per heavy atom. The molecule has 230 valence electrons. The van der Waals surface area contributed by atoms with Crippen LogP contribution in [0.2, 0.25) is 0 Å². The molecule has 0 saturated heterocycles. The fourth-order valence-corrected chi connectivity index (χ4v) is 8.52. The van der Waals surface area contributed by atoms with Crippen LogP contribution in [0.1, 0.15) is 0 Å². The van der Waals surface area contributed by atoms with Crippen LogP contribution < -0.4 is 0 Å². The lowest BCUT2D eigenvalue weighted by molar-refractivity contribution is 1.43. The third-order valence-electron chi connectivity index (χ3n) is 10.8. The van der Waals surface area contributed by atoms with Crippen LogP contribution in [0, 0.1) is 0 Å². The lowest BCUT2D eigenvalue weighted by Gasteiger charge is -2.18. The van der Waals surface area contributed by atoms with E-state index < -0.39 is 0 Å². The SMILES string of the molecule is c1ccc(-c2ccc3c(c2)nc(-c2cccc(-c4ccc5ccc6cccc7ccc4c5c67)c2)c2c4ccccc4c4ccccc4c32)cc1. The standard InChI is InChI=1S/C49H29N/c1-2-10-30(11-3-1)34-24-27-43-44(29-34)50-49(48-41-19-7-5-17-39(41)38-16-4-6-18-40(38)47(43)48)36-15-9-14-35(28-36)37-25-22-33-21-20-31-12-8-13-32-23-26-42(37)46(33)45(31)32/h1-29H.